The number of benzene rings is 2. The lowest BCUT2D eigenvalue weighted by atomic mass is 10.1. The van der Waals surface area contributed by atoms with Crippen molar-refractivity contribution in [2.75, 3.05) is 17.2 Å². The van der Waals surface area contributed by atoms with Crippen LogP contribution in [0.25, 0.3) is 10.9 Å². The number of aromatic nitrogens is 2. The minimum Gasteiger partial charge on any atom is -0.311 e. The van der Waals surface area contributed by atoms with Gasteiger partial charge in [-0.2, -0.15) is 5.26 Å². The summed E-state index contributed by atoms with van der Waals surface area (Å²) in [5, 5.41) is 10.7. The second-order valence-corrected chi connectivity index (χ2v) is 7.65. The average Bonchev–Trinajstić information content (AvgIpc) is 2.65. The number of rotatable bonds is 6. The lowest BCUT2D eigenvalue weighted by Gasteiger charge is -2.23. The maximum atomic E-state index is 13.0. The number of anilines is 1. The summed E-state index contributed by atoms with van der Waals surface area (Å²) in [4.78, 5) is 23.7. The van der Waals surface area contributed by atoms with E-state index in [4.69, 9.17) is 5.26 Å². The molecule has 5 nitrogen and oxygen atoms in total. The van der Waals surface area contributed by atoms with Crippen LogP contribution >= 0.6 is 11.8 Å². The molecule has 0 aliphatic carbocycles. The first-order valence-electron chi connectivity index (χ1n) is 9.09. The molecule has 3 rings (SSSR count). The normalized spacial score (nSPS) is 10.6. The number of aryl methyl sites for hydroxylation is 3. The summed E-state index contributed by atoms with van der Waals surface area (Å²) in [7, 11) is 0. The van der Waals surface area contributed by atoms with Crippen molar-refractivity contribution in [1.82, 2.24) is 9.97 Å². The molecule has 0 radical (unpaired) electrons. The van der Waals surface area contributed by atoms with Crippen LogP contribution in [0, 0.1) is 32.1 Å². The summed E-state index contributed by atoms with van der Waals surface area (Å²) in [5.41, 5.74) is 3.90. The molecule has 0 N–H and O–H groups in total. The number of hydrogen-bond acceptors (Lipinski definition) is 5. The third kappa shape index (κ3) is 4.68. The molecule has 3 aromatic rings. The average molecular weight is 391 g/mol. The molecular formula is C22H22N4OS. The van der Waals surface area contributed by atoms with Gasteiger partial charge in [0.1, 0.15) is 10.9 Å². The van der Waals surface area contributed by atoms with Crippen molar-refractivity contribution >= 4 is 34.3 Å². The quantitative estimate of drug-likeness (QED) is 0.455. The molecule has 0 saturated carbocycles. The van der Waals surface area contributed by atoms with Crippen molar-refractivity contribution in [3.8, 4) is 6.07 Å². The van der Waals surface area contributed by atoms with Crippen LogP contribution in [0.3, 0.4) is 0 Å². The number of nitriles is 1. The van der Waals surface area contributed by atoms with Crippen LogP contribution in [0.4, 0.5) is 5.69 Å². The Hall–Kier alpha value is -2.91. The van der Waals surface area contributed by atoms with Gasteiger partial charge in [-0.05, 0) is 50.1 Å². The summed E-state index contributed by atoms with van der Waals surface area (Å²) in [6.45, 7) is 6.25. The summed E-state index contributed by atoms with van der Waals surface area (Å²) in [6, 6.07) is 16.0. The maximum absolute atomic E-state index is 13.0. The van der Waals surface area contributed by atoms with Crippen molar-refractivity contribution in [2.45, 2.75) is 32.2 Å². The largest absolute Gasteiger partial charge is 0.311 e. The predicted octanol–water partition coefficient (Wildman–Crippen LogP) is 4.59. The van der Waals surface area contributed by atoms with E-state index >= 15 is 0 Å². The molecule has 0 atom stereocenters. The van der Waals surface area contributed by atoms with E-state index in [1.807, 2.05) is 57.2 Å². The number of nitrogens with zero attached hydrogens (tertiary/aromatic N) is 4. The first-order chi connectivity index (χ1) is 13.5. The van der Waals surface area contributed by atoms with Crippen LogP contribution in [-0.2, 0) is 4.79 Å². The molecule has 0 aliphatic heterocycles. The van der Waals surface area contributed by atoms with Gasteiger partial charge in [-0.3, -0.25) is 4.79 Å². The first kappa shape index (κ1) is 19.8. The standard InChI is InChI=1S/C22H22N4OS/c1-15-11-16(2)13-18(12-15)26(10-6-9-23)21(27)14-28-22-19-7-4-5-8-20(19)24-17(3)25-22/h4-5,7-8,11-13H,6,10,14H2,1-3H3. The number of thioether (sulfide) groups is 1. The highest BCUT2D eigenvalue weighted by atomic mass is 32.2. The summed E-state index contributed by atoms with van der Waals surface area (Å²) in [5.74, 6) is 0.897. The molecule has 0 spiro atoms. The zero-order valence-electron chi connectivity index (χ0n) is 16.3. The van der Waals surface area contributed by atoms with Crippen molar-refractivity contribution in [3.05, 3.63) is 59.4 Å². The van der Waals surface area contributed by atoms with E-state index in [2.05, 4.69) is 22.1 Å². The Morgan fingerprint density at radius 1 is 1.11 bits per heavy atom. The van der Waals surface area contributed by atoms with Crippen LogP contribution in [0.2, 0.25) is 0 Å². The lowest BCUT2D eigenvalue weighted by molar-refractivity contribution is -0.116. The van der Waals surface area contributed by atoms with Gasteiger partial charge in [0, 0.05) is 17.6 Å². The Kier molecular flexibility index (Phi) is 6.27. The Labute approximate surface area is 169 Å². The minimum atomic E-state index is -0.0365. The predicted molar refractivity (Wildman–Crippen MR) is 113 cm³/mol. The molecule has 1 aromatic heterocycles. The van der Waals surface area contributed by atoms with Crippen molar-refractivity contribution in [1.29, 1.82) is 5.26 Å². The minimum absolute atomic E-state index is 0.0365. The van der Waals surface area contributed by atoms with Gasteiger partial charge in [-0.15, -0.1) is 0 Å². The van der Waals surface area contributed by atoms with Crippen LogP contribution in [-0.4, -0.2) is 28.2 Å². The number of carbonyl (C=O) groups excluding carboxylic acids is 1. The van der Waals surface area contributed by atoms with Gasteiger partial charge in [0.15, 0.2) is 0 Å². The summed E-state index contributed by atoms with van der Waals surface area (Å²) in [6.07, 6.45) is 0.291. The smallest absolute Gasteiger partial charge is 0.237 e. The van der Waals surface area contributed by atoms with Gasteiger partial charge >= 0.3 is 0 Å². The van der Waals surface area contributed by atoms with Gasteiger partial charge in [-0.25, -0.2) is 9.97 Å². The summed E-state index contributed by atoms with van der Waals surface area (Å²) >= 11 is 1.41. The molecule has 1 heterocycles. The fourth-order valence-electron chi connectivity index (χ4n) is 3.14. The fraction of sp³-hybridized carbons (Fsp3) is 0.273. The monoisotopic (exact) mass is 390 g/mol. The molecule has 0 bridgehead atoms. The van der Waals surface area contributed by atoms with E-state index in [1.165, 1.54) is 11.8 Å². The molecule has 0 aliphatic rings. The zero-order valence-corrected chi connectivity index (χ0v) is 17.1. The Morgan fingerprint density at radius 3 is 2.54 bits per heavy atom. The Balaban J connectivity index is 1.84. The number of fused-ring (bicyclic) bond motifs is 1. The lowest BCUT2D eigenvalue weighted by Crippen LogP contribution is -2.33. The highest BCUT2D eigenvalue weighted by Gasteiger charge is 2.18. The molecule has 1 amide bonds. The zero-order chi connectivity index (χ0) is 20.1. The topological polar surface area (TPSA) is 69.9 Å². The van der Waals surface area contributed by atoms with Crippen molar-refractivity contribution in [3.63, 3.8) is 0 Å². The Bertz CT molecular complexity index is 1040. The molecule has 6 heteroatoms. The van der Waals surface area contributed by atoms with E-state index in [-0.39, 0.29) is 11.7 Å². The molecule has 28 heavy (non-hydrogen) atoms. The number of amides is 1. The van der Waals surface area contributed by atoms with Gasteiger partial charge in [0.05, 0.1) is 23.8 Å². The first-order valence-corrected chi connectivity index (χ1v) is 10.1. The van der Waals surface area contributed by atoms with E-state index in [9.17, 15) is 4.79 Å². The van der Waals surface area contributed by atoms with E-state index in [1.54, 1.807) is 4.90 Å². The van der Waals surface area contributed by atoms with Crippen molar-refractivity contribution in [2.24, 2.45) is 0 Å². The van der Waals surface area contributed by atoms with Crippen LogP contribution in [0.5, 0.6) is 0 Å². The van der Waals surface area contributed by atoms with Gasteiger partial charge in [-0.1, -0.05) is 36.0 Å². The molecule has 142 valence electrons. The third-order valence-electron chi connectivity index (χ3n) is 4.28. The van der Waals surface area contributed by atoms with E-state index in [0.29, 0.717) is 18.8 Å². The summed E-state index contributed by atoms with van der Waals surface area (Å²) < 4.78 is 0. The molecular weight excluding hydrogens is 368 g/mol. The molecule has 2 aromatic carbocycles. The molecule has 0 saturated heterocycles. The SMILES string of the molecule is Cc1cc(C)cc(N(CCC#N)C(=O)CSc2nc(C)nc3ccccc23)c1. The fourth-order valence-corrected chi connectivity index (χ4v) is 4.08. The van der Waals surface area contributed by atoms with Gasteiger partial charge < -0.3 is 4.90 Å². The van der Waals surface area contributed by atoms with Gasteiger partial charge in [0.2, 0.25) is 5.91 Å². The number of hydrogen-bond donors (Lipinski definition) is 0. The van der Waals surface area contributed by atoms with E-state index in [0.717, 1.165) is 32.7 Å². The van der Waals surface area contributed by atoms with Crippen LogP contribution in [0.15, 0.2) is 47.5 Å². The molecule has 0 unspecified atom stereocenters. The third-order valence-corrected chi connectivity index (χ3v) is 5.25. The van der Waals surface area contributed by atoms with Crippen LogP contribution in [0.1, 0.15) is 23.4 Å². The van der Waals surface area contributed by atoms with Gasteiger partial charge in [0.25, 0.3) is 0 Å². The maximum Gasteiger partial charge on any atom is 0.237 e. The second kappa shape index (κ2) is 8.85. The molecule has 0 fully saturated rings. The van der Waals surface area contributed by atoms with Crippen LogP contribution < -0.4 is 4.90 Å². The highest BCUT2D eigenvalue weighted by Crippen LogP contribution is 2.27. The number of carbonyl (C=O) groups is 1. The number of para-hydroxylation sites is 1. The van der Waals surface area contributed by atoms with Crippen molar-refractivity contribution < 1.29 is 4.79 Å². The Morgan fingerprint density at radius 2 is 1.82 bits per heavy atom. The second-order valence-electron chi connectivity index (χ2n) is 6.68. The van der Waals surface area contributed by atoms with E-state index < -0.39 is 0 Å². The highest BCUT2D eigenvalue weighted by molar-refractivity contribution is 8.00.